The molecule has 0 aliphatic carbocycles. The quantitative estimate of drug-likeness (QED) is 0.580. The summed E-state index contributed by atoms with van der Waals surface area (Å²) in [5.41, 5.74) is 3.16. The predicted octanol–water partition coefficient (Wildman–Crippen LogP) is 5.79. The van der Waals surface area contributed by atoms with Gasteiger partial charge in [-0.05, 0) is 48.9 Å². The van der Waals surface area contributed by atoms with Crippen LogP contribution >= 0.6 is 7.14 Å². The highest BCUT2D eigenvalue weighted by Crippen LogP contribution is 2.53. The van der Waals surface area contributed by atoms with Crippen molar-refractivity contribution in [1.82, 2.24) is 0 Å². The number of hydrogen-bond donors (Lipinski definition) is 0. The fourth-order valence-corrected chi connectivity index (χ4v) is 5.53. The minimum Gasteiger partial charge on any atom is -0.307 e. The van der Waals surface area contributed by atoms with Crippen molar-refractivity contribution in [3.05, 3.63) is 69.8 Å². The van der Waals surface area contributed by atoms with Crippen molar-refractivity contribution < 1.29 is 14.2 Å². The summed E-state index contributed by atoms with van der Waals surface area (Å²) in [7, 11) is -3.74. The summed E-state index contributed by atoms with van der Waals surface area (Å²) >= 11 is 0. The zero-order valence-corrected chi connectivity index (χ0v) is 17.2. The molecular formula is C22H27O3P. The Labute approximate surface area is 156 Å². The van der Waals surface area contributed by atoms with Crippen molar-refractivity contribution in [1.29, 1.82) is 0 Å². The van der Waals surface area contributed by atoms with Crippen LogP contribution in [0.5, 0.6) is 0 Å². The molecule has 2 aromatic rings. The standard InChI is InChI=1S/C22H27O3P/c1-6-17-13-10-14-18(7-2)20(17)22(24)26(25,8-3)21(23)19-15(4)11-9-12-16(19)5/h9-14H,6-8H2,1-5H3. The number of rotatable bonds is 7. The molecule has 0 radical (unpaired) electrons. The van der Waals surface area contributed by atoms with E-state index in [9.17, 15) is 14.2 Å². The molecule has 0 aromatic heterocycles. The van der Waals surface area contributed by atoms with Crippen LogP contribution in [0, 0.1) is 13.8 Å². The molecule has 0 heterocycles. The van der Waals surface area contributed by atoms with Gasteiger partial charge in [0.05, 0.1) is 0 Å². The van der Waals surface area contributed by atoms with E-state index in [4.69, 9.17) is 0 Å². The summed E-state index contributed by atoms with van der Waals surface area (Å²) in [6.07, 6.45) is 1.37. The highest BCUT2D eigenvalue weighted by molar-refractivity contribution is 7.95. The first-order valence-electron chi connectivity index (χ1n) is 9.17. The number of hydrogen-bond acceptors (Lipinski definition) is 3. The van der Waals surface area contributed by atoms with Gasteiger partial charge in [-0.2, -0.15) is 0 Å². The average Bonchev–Trinajstić information content (AvgIpc) is 2.65. The van der Waals surface area contributed by atoms with Crippen molar-refractivity contribution in [2.24, 2.45) is 0 Å². The Kier molecular flexibility index (Phi) is 6.36. The second kappa shape index (κ2) is 8.14. The lowest BCUT2D eigenvalue weighted by Crippen LogP contribution is -2.17. The fourth-order valence-electron chi connectivity index (χ4n) is 3.41. The Morgan fingerprint density at radius 1 is 0.769 bits per heavy atom. The molecule has 0 bridgehead atoms. The van der Waals surface area contributed by atoms with Crippen molar-refractivity contribution in [3.63, 3.8) is 0 Å². The SMILES string of the molecule is CCc1cccc(CC)c1C(=O)P(=O)(CC)C(=O)c1c(C)cccc1C. The van der Waals surface area contributed by atoms with E-state index in [1.165, 1.54) is 0 Å². The maximum absolute atomic E-state index is 13.7. The number of carbonyl (C=O) groups excluding carboxylic acids is 2. The first kappa shape index (κ1) is 20.3. The summed E-state index contributed by atoms with van der Waals surface area (Å²) in [6.45, 7) is 9.25. The minimum atomic E-state index is -3.74. The molecule has 0 aliphatic rings. The van der Waals surface area contributed by atoms with Crippen LogP contribution in [0.2, 0.25) is 0 Å². The van der Waals surface area contributed by atoms with Gasteiger partial charge in [-0.25, -0.2) is 0 Å². The maximum atomic E-state index is 13.7. The monoisotopic (exact) mass is 370 g/mol. The van der Waals surface area contributed by atoms with Crippen LogP contribution in [0.3, 0.4) is 0 Å². The highest BCUT2D eigenvalue weighted by Gasteiger charge is 2.41. The largest absolute Gasteiger partial charge is 0.307 e. The molecule has 0 amide bonds. The Morgan fingerprint density at radius 3 is 1.62 bits per heavy atom. The molecular weight excluding hydrogens is 343 g/mol. The van der Waals surface area contributed by atoms with Gasteiger partial charge in [0.1, 0.15) is 0 Å². The Bertz CT molecular complexity index is 854. The van der Waals surface area contributed by atoms with E-state index in [2.05, 4.69) is 0 Å². The molecule has 0 spiro atoms. The van der Waals surface area contributed by atoms with E-state index < -0.39 is 18.2 Å². The lowest BCUT2D eigenvalue weighted by Gasteiger charge is -2.20. The molecule has 2 rings (SSSR count). The molecule has 0 N–H and O–H groups in total. The van der Waals surface area contributed by atoms with Crippen LogP contribution in [0.15, 0.2) is 36.4 Å². The van der Waals surface area contributed by atoms with Crippen LogP contribution in [0.25, 0.3) is 0 Å². The van der Waals surface area contributed by atoms with E-state index in [1.807, 2.05) is 64.1 Å². The summed E-state index contributed by atoms with van der Waals surface area (Å²) in [6, 6.07) is 11.2. The molecule has 0 saturated carbocycles. The number of benzene rings is 2. The average molecular weight is 370 g/mol. The summed E-state index contributed by atoms with van der Waals surface area (Å²) in [5, 5.41) is 0. The summed E-state index contributed by atoms with van der Waals surface area (Å²) in [5.74, 6) is 0. The van der Waals surface area contributed by atoms with Gasteiger partial charge in [-0.1, -0.05) is 57.2 Å². The third-order valence-corrected chi connectivity index (χ3v) is 7.66. The van der Waals surface area contributed by atoms with E-state index in [1.54, 1.807) is 6.92 Å². The van der Waals surface area contributed by atoms with Crippen LogP contribution in [-0.4, -0.2) is 17.2 Å². The Hall–Kier alpha value is -1.99. The lowest BCUT2D eigenvalue weighted by molar-refractivity contribution is 0.103. The van der Waals surface area contributed by atoms with E-state index in [0.717, 1.165) is 22.3 Å². The van der Waals surface area contributed by atoms with Gasteiger partial charge >= 0.3 is 0 Å². The molecule has 0 aliphatic heterocycles. The van der Waals surface area contributed by atoms with Gasteiger partial charge in [0.2, 0.25) is 18.2 Å². The second-order valence-electron chi connectivity index (χ2n) is 6.59. The smallest absolute Gasteiger partial charge is 0.229 e. The van der Waals surface area contributed by atoms with Crippen molar-refractivity contribution in [2.45, 2.75) is 47.5 Å². The van der Waals surface area contributed by atoms with Crippen molar-refractivity contribution in [2.75, 3.05) is 6.16 Å². The van der Waals surface area contributed by atoms with Crippen molar-refractivity contribution in [3.8, 4) is 0 Å². The first-order chi connectivity index (χ1) is 12.3. The number of carbonyl (C=O) groups is 2. The second-order valence-corrected chi connectivity index (χ2v) is 9.52. The van der Waals surface area contributed by atoms with Crippen LogP contribution in [-0.2, 0) is 17.4 Å². The van der Waals surface area contributed by atoms with Gasteiger partial charge in [0.25, 0.3) is 0 Å². The molecule has 2 aromatic carbocycles. The molecule has 4 heteroatoms. The summed E-state index contributed by atoms with van der Waals surface area (Å²) in [4.78, 5) is 26.7. The minimum absolute atomic E-state index is 0.0413. The molecule has 138 valence electrons. The van der Waals surface area contributed by atoms with Gasteiger partial charge in [-0.3, -0.25) is 9.59 Å². The predicted molar refractivity (Wildman–Crippen MR) is 108 cm³/mol. The Balaban J connectivity index is 2.66. The highest BCUT2D eigenvalue weighted by atomic mass is 31.2. The van der Waals surface area contributed by atoms with Crippen LogP contribution < -0.4 is 0 Å². The lowest BCUT2D eigenvalue weighted by atomic mass is 9.98. The van der Waals surface area contributed by atoms with Crippen molar-refractivity contribution >= 4 is 18.2 Å². The molecule has 0 fully saturated rings. The van der Waals surface area contributed by atoms with E-state index in [0.29, 0.717) is 24.0 Å². The number of aryl methyl sites for hydroxylation is 4. The zero-order chi connectivity index (χ0) is 19.5. The molecule has 3 nitrogen and oxygen atoms in total. The maximum Gasteiger partial charge on any atom is 0.229 e. The Morgan fingerprint density at radius 2 is 1.19 bits per heavy atom. The van der Waals surface area contributed by atoms with Gasteiger partial charge in [0, 0.05) is 17.3 Å². The molecule has 1 unspecified atom stereocenters. The third-order valence-electron chi connectivity index (χ3n) is 5.01. The zero-order valence-electron chi connectivity index (χ0n) is 16.3. The fraction of sp³-hybridized carbons (Fsp3) is 0.364. The van der Waals surface area contributed by atoms with Crippen LogP contribution in [0.1, 0.15) is 63.7 Å². The van der Waals surface area contributed by atoms with Crippen LogP contribution in [0.4, 0.5) is 0 Å². The molecule has 26 heavy (non-hydrogen) atoms. The third kappa shape index (κ3) is 3.46. The van der Waals surface area contributed by atoms with E-state index >= 15 is 0 Å². The van der Waals surface area contributed by atoms with Gasteiger partial charge < -0.3 is 4.57 Å². The normalized spacial score (nSPS) is 13.3. The summed E-state index contributed by atoms with van der Waals surface area (Å²) < 4.78 is 13.7. The molecule has 1 atom stereocenters. The van der Waals surface area contributed by atoms with Gasteiger partial charge in [-0.15, -0.1) is 0 Å². The van der Waals surface area contributed by atoms with Gasteiger partial charge in [0.15, 0.2) is 0 Å². The van der Waals surface area contributed by atoms with E-state index in [-0.39, 0.29) is 6.16 Å². The topological polar surface area (TPSA) is 51.2 Å². The first-order valence-corrected chi connectivity index (χ1v) is 11.1. The molecule has 0 saturated heterocycles.